The minimum Gasteiger partial charge on any atom is -0.459 e. The van der Waals surface area contributed by atoms with E-state index in [1.165, 1.54) is 23.2 Å². The molecule has 1 atom stereocenters. The van der Waals surface area contributed by atoms with Crippen LogP contribution in [0.4, 0.5) is 10.8 Å². The molecule has 3 heterocycles. The maximum absolute atomic E-state index is 12.5. The van der Waals surface area contributed by atoms with Crippen LogP contribution in [0.15, 0.2) is 47.1 Å². The second kappa shape index (κ2) is 7.32. The molecule has 1 aliphatic rings. The molecule has 0 saturated carbocycles. The summed E-state index contributed by atoms with van der Waals surface area (Å²) in [7, 11) is 0. The Bertz CT molecular complexity index is 950. The molecule has 138 valence electrons. The van der Waals surface area contributed by atoms with Crippen LogP contribution in [0.2, 0.25) is 0 Å². The van der Waals surface area contributed by atoms with Crippen LogP contribution in [0, 0.1) is 0 Å². The molecule has 2 amide bonds. The second-order valence-corrected chi connectivity index (χ2v) is 7.31. The fourth-order valence-corrected chi connectivity index (χ4v) is 3.88. The largest absolute Gasteiger partial charge is 0.459 e. The molecule has 1 fully saturated rings. The van der Waals surface area contributed by atoms with Crippen LogP contribution in [0.25, 0.3) is 0 Å². The number of anilines is 2. The third kappa shape index (κ3) is 3.61. The highest BCUT2D eigenvalue weighted by molar-refractivity contribution is 7.15. The van der Waals surface area contributed by atoms with Crippen molar-refractivity contribution >= 4 is 34.0 Å². The van der Waals surface area contributed by atoms with Crippen molar-refractivity contribution < 1.29 is 14.0 Å². The molecule has 0 radical (unpaired) electrons. The van der Waals surface area contributed by atoms with Gasteiger partial charge in [0, 0.05) is 24.6 Å². The minimum atomic E-state index is -0.372. The lowest BCUT2D eigenvalue weighted by Crippen LogP contribution is -2.24. The molecule has 4 rings (SSSR count). The molecule has 0 bridgehead atoms. The third-order valence-electron chi connectivity index (χ3n) is 4.54. The molecule has 27 heavy (non-hydrogen) atoms. The van der Waals surface area contributed by atoms with Crippen molar-refractivity contribution in [3.63, 3.8) is 0 Å². The van der Waals surface area contributed by atoms with Crippen LogP contribution in [0.1, 0.15) is 40.4 Å². The van der Waals surface area contributed by atoms with Crippen LogP contribution in [-0.2, 0) is 11.2 Å². The Morgan fingerprint density at radius 2 is 2.11 bits per heavy atom. The van der Waals surface area contributed by atoms with Crippen LogP contribution in [-0.4, -0.2) is 28.6 Å². The van der Waals surface area contributed by atoms with Gasteiger partial charge in [0.25, 0.3) is 5.91 Å². The van der Waals surface area contributed by atoms with Gasteiger partial charge in [-0.3, -0.25) is 14.9 Å². The van der Waals surface area contributed by atoms with Gasteiger partial charge in [-0.1, -0.05) is 30.4 Å². The summed E-state index contributed by atoms with van der Waals surface area (Å²) in [5, 5.41) is 12.0. The van der Waals surface area contributed by atoms with Crippen molar-refractivity contribution in [3.05, 3.63) is 59.0 Å². The highest BCUT2D eigenvalue weighted by atomic mass is 32.1. The Hall–Kier alpha value is -3.00. The Labute approximate surface area is 160 Å². The summed E-state index contributed by atoms with van der Waals surface area (Å²) in [6.07, 6.45) is 2.79. The summed E-state index contributed by atoms with van der Waals surface area (Å²) in [5.74, 6) is -0.122. The molecule has 8 heteroatoms. The van der Waals surface area contributed by atoms with E-state index in [-0.39, 0.29) is 23.5 Å². The van der Waals surface area contributed by atoms with Crippen molar-refractivity contribution in [2.45, 2.75) is 25.7 Å². The first kappa shape index (κ1) is 17.4. The van der Waals surface area contributed by atoms with Gasteiger partial charge in [0.05, 0.1) is 6.26 Å². The SMILES string of the molecule is CCc1ccc(N2C[C@H](c3nnc(NC(=O)c4ccco4)s3)CC2=O)cc1. The average molecular weight is 382 g/mol. The molecule has 1 N–H and O–H groups in total. The zero-order chi connectivity index (χ0) is 18.8. The number of aryl methyl sites for hydroxylation is 1. The Kier molecular flexibility index (Phi) is 4.72. The highest BCUT2D eigenvalue weighted by Gasteiger charge is 2.34. The summed E-state index contributed by atoms with van der Waals surface area (Å²) in [5.41, 5.74) is 2.14. The number of aromatic nitrogens is 2. The first-order valence-electron chi connectivity index (χ1n) is 8.71. The Balaban J connectivity index is 1.44. The smallest absolute Gasteiger partial charge is 0.293 e. The number of furan rings is 1. The first-order chi connectivity index (χ1) is 13.1. The second-order valence-electron chi connectivity index (χ2n) is 6.30. The standard InChI is InChI=1S/C19H18N4O3S/c1-2-12-5-7-14(8-6-12)23-11-13(10-16(23)24)18-21-22-19(27-18)20-17(25)15-4-3-9-26-15/h3-9,13H,2,10-11H2,1H3,(H,20,22,25)/t13-/m1/s1. The summed E-state index contributed by atoms with van der Waals surface area (Å²) in [6, 6.07) is 11.3. The predicted octanol–water partition coefficient (Wildman–Crippen LogP) is 3.47. The van der Waals surface area contributed by atoms with Gasteiger partial charge in [-0.2, -0.15) is 0 Å². The van der Waals surface area contributed by atoms with Crippen molar-refractivity contribution in [2.24, 2.45) is 0 Å². The molecule has 1 aliphatic heterocycles. The van der Waals surface area contributed by atoms with Gasteiger partial charge in [0.1, 0.15) is 5.01 Å². The molecular formula is C19H18N4O3S. The lowest BCUT2D eigenvalue weighted by molar-refractivity contribution is -0.117. The lowest BCUT2D eigenvalue weighted by atomic mass is 10.1. The number of hydrogen-bond acceptors (Lipinski definition) is 6. The molecule has 0 aliphatic carbocycles. The molecule has 7 nitrogen and oxygen atoms in total. The molecule has 1 saturated heterocycles. The summed E-state index contributed by atoms with van der Waals surface area (Å²) < 4.78 is 5.06. The van der Waals surface area contributed by atoms with E-state index < -0.39 is 0 Å². The lowest BCUT2D eigenvalue weighted by Gasteiger charge is -2.16. The number of hydrogen-bond donors (Lipinski definition) is 1. The molecule has 3 aromatic rings. The topological polar surface area (TPSA) is 88.3 Å². The van der Waals surface area contributed by atoms with Crippen molar-refractivity contribution in [3.8, 4) is 0 Å². The van der Waals surface area contributed by atoms with Gasteiger partial charge in [-0.15, -0.1) is 10.2 Å². The highest BCUT2D eigenvalue weighted by Crippen LogP contribution is 2.34. The van der Waals surface area contributed by atoms with E-state index >= 15 is 0 Å². The van der Waals surface area contributed by atoms with Gasteiger partial charge < -0.3 is 9.32 Å². The third-order valence-corrected chi connectivity index (χ3v) is 5.54. The number of rotatable bonds is 5. The van der Waals surface area contributed by atoms with E-state index in [9.17, 15) is 9.59 Å². The monoisotopic (exact) mass is 382 g/mol. The minimum absolute atomic E-state index is 0.0323. The molecule has 0 unspecified atom stereocenters. The van der Waals surface area contributed by atoms with Gasteiger partial charge in [0.2, 0.25) is 11.0 Å². The molecule has 1 aromatic carbocycles. The number of benzene rings is 1. The number of nitrogens with one attached hydrogen (secondary N) is 1. The maximum atomic E-state index is 12.5. The fourth-order valence-electron chi connectivity index (χ4n) is 3.05. The number of amides is 2. The predicted molar refractivity (Wildman–Crippen MR) is 102 cm³/mol. The van der Waals surface area contributed by atoms with E-state index in [1.807, 2.05) is 24.3 Å². The quantitative estimate of drug-likeness (QED) is 0.730. The van der Waals surface area contributed by atoms with Crippen LogP contribution < -0.4 is 10.2 Å². The van der Waals surface area contributed by atoms with Crippen molar-refractivity contribution in [1.82, 2.24) is 10.2 Å². The number of carbonyl (C=O) groups excluding carboxylic acids is 2. The van der Waals surface area contributed by atoms with Crippen LogP contribution in [0.3, 0.4) is 0 Å². The zero-order valence-electron chi connectivity index (χ0n) is 14.7. The van der Waals surface area contributed by atoms with Crippen LogP contribution >= 0.6 is 11.3 Å². The van der Waals surface area contributed by atoms with Gasteiger partial charge >= 0.3 is 0 Å². The molecule has 2 aromatic heterocycles. The number of carbonyl (C=O) groups is 2. The van der Waals surface area contributed by atoms with Crippen molar-refractivity contribution in [1.29, 1.82) is 0 Å². The molecular weight excluding hydrogens is 364 g/mol. The van der Waals surface area contributed by atoms with E-state index in [0.29, 0.717) is 18.1 Å². The normalized spacial score (nSPS) is 16.7. The van der Waals surface area contributed by atoms with Gasteiger partial charge in [-0.05, 0) is 36.2 Å². The van der Waals surface area contributed by atoms with Gasteiger partial charge in [0.15, 0.2) is 5.76 Å². The average Bonchev–Trinajstić information content (AvgIpc) is 3.42. The summed E-state index contributed by atoms with van der Waals surface area (Å²) in [6.45, 7) is 2.66. The van der Waals surface area contributed by atoms with E-state index in [1.54, 1.807) is 17.0 Å². The number of nitrogens with zero attached hydrogens (tertiary/aromatic N) is 3. The maximum Gasteiger partial charge on any atom is 0.293 e. The fraction of sp³-hybridized carbons (Fsp3) is 0.263. The Morgan fingerprint density at radius 3 is 2.81 bits per heavy atom. The van der Waals surface area contributed by atoms with Gasteiger partial charge in [-0.25, -0.2) is 0 Å². The van der Waals surface area contributed by atoms with E-state index in [4.69, 9.17) is 4.42 Å². The summed E-state index contributed by atoms with van der Waals surface area (Å²) in [4.78, 5) is 26.3. The van der Waals surface area contributed by atoms with E-state index in [2.05, 4.69) is 22.4 Å². The first-order valence-corrected chi connectivity index (χ1v) is 9.53. The van der Waals surface area contributed by atoms with Crippen molar-refractivity contribution in [2.75, 3.05) is 16.8 Å². The zero-order valence-corrected chi connectivity index (χ0v) is 15.5. The molecule has 0 spiro atoms. The summed E-state index contributed by atoms with van der Waals surface area (Å²) >= 11 is 1.29. The van der Waals surface area contributed by atoms with E-state index in [0.717, 1.165) is 17.1 Å². The van der Waals surface area contributed by atoms with Crippen LogP contribution in [0.5, 0.6) is 0 Å². The Morgan fingerprint density at radius 1 is 1.30 bits per heavy atom.